The van der Waals surface area contributed by atoms with E-state index in [1.54, 1.807) is 6.20 Å². The first kappa shape index (κ1) is 16.2. The molecular weight excluding hydrogens is 329 g/mol. The molecule has 0 spiro atoms. The highest BCUT2D eigenvalue weighted by atomic mass is 127. The number of guanidine groups is 1. The molecule has 98 valence electrons. The number of nitrogens with two attached hydrogens (primary N) is 1. The van der Waals surface area contributed by atoms with Crippen LogP contribution in [0.3, 0.4) is 0 Å². The van der Waals surface area contributed by atoms with Crippen LogP contribution in [0.15, 0.2) is 23.7 Å². The third-order valence-electron chi connectivity index (χ3n) is 2.25. The maximum absolute atomic E-state index is 5.69. The molecule has 0 fully saturated rings. The maximum Gasteiger partial charge on any atom is 0.188 e. The third kappa shape index (κ3) is 8.00. The summed E-state index contributed by atoms with van der Waals surface area (Å²) in [4.78, 5) is 8.22. The van der Waals surface area contributed by atoms with E-state index in [1.807, 2.05) is 17.1 Å². The molecule has 0 aliphatic rings. The zero-order valence-electron chi connectivity index (χ0n) is 10.3. The van der Waals surface area contributed by atoms with Crippen LogP contribution in [0.5, 0.6) is 0 Å². The van der Waals surface area contributed by atoms with Gasteiger partial charge in [-0.25, -0.2) is 4.98 Å². The molecule has 3 N–H and O–H groups in total. The summed E-state index contributed by atoms with van der Waals surface area (Å²) < 4.78 is 2.04. The average molecular weight is 351 g/mol. The van der Waals surface area contributed by atoms with E-state index in [2.05, 4.69) is 22.2 Å². The van der Waals surface area contributed by atoms with Gasteiger partial charge in [0.25, 0.3) is 0 Å². The number of halogens is 1. The predicted molar refractivity (Wildman–Crippen MR) is 81.7 cm³/mol. The van der Waals surface area contributed by atoms with Crippen LogP contribution in [0, 0.1) is 0 Å². The highest BCUT2D eigenvalue weighted by molar-refractivity contribution is 14.0. The normalized spacial score (nSPS) is 11.0. The van der Waals surface area contributed by atoms with Gasteiger partial charge in [0.2, 0.25) is 0 Å². The first-order valence-corrected chi connectivity index (χ1v) is 5.82. The Morgan fingerprint density at radius 3 is 2.94 bits per heavy atom. The number of aryl methyl sites for hydroxylation is 1. The minimum atomic E-state index is 0. The van der Waals surface area contributed by atoms with Gasteiger partial charge in [0.1, 0.15) is 0 Å². The van der Waals surface area contributed by atoms with Crippen molar-refractivity contribution >= 4 is 29.9 Å². The number of nitrogens with one attached hydrogen (secondary N) is 1. The Hall–Kier alpha value is -0.790. The number of rotatable bonds is 7. The maximum atomic E-state index is 5.69. The number of unbranched alkanes of at least 4 members (excludes halogenated alkanes) is 1. The molecule has 0 aliphatic carbocycles. The molecule has 1 heterocycles. The monoisotopic (exact) mass is 351 g/mol. The van der Waals surface area contributed by atoms with Crippen molar-refractivity contribution in [2.75, 3.05) is 13.1 Å². The Balaban J connectivity index is 0.00000256. The van der Waals surface area contributed by atoms with E-state index in [9.17, 15) is 0 Å². The zero-order valence-corrected chi connectivity index (χ0v) is 12.6. The Bertz CT molecular complexity index is 297. The fourth-order valence-corrected chi connectivity index (χ4v) is 1.32. The van der Waals surface area contributed by atoms with Gasteiger partial charge in [-0.05, 0) is 12.8 Å². The van der Waals surface area contributed by atoms with Crippen molar-refractivity contribution < 1.29 is 0 Å². The van der Waals surface area contributed by atoms with Gasteiger partial charge in [-0.3, -0.25) is 4.99 Å². The number of hydrogen-bond acceptors (Lipinski definition) is 2. The Morgan fingerprint density at radius 1 is 1.47 bits per heavy atom. The summed E-state index contributed by atoms with van der Waals surface area (Å²) in [5.41, 5.74) is 5.69. The van der Waals surface area contributed by atoms with Crippen LogP contribution in [-0.2, 0) is 6.54 Å². The van der Waals surface area contributed by atoms with Gasteiger partial charge >= 0.3 is 0 Å². The molecule has 0 unspecified atom stereocenters. The van der Waals surface area contributed by atoms with Crippen molar-refractivity contribution in [1.82, 2.24) is 14.9 Å². The summed E-state index contributed by atoms with van der Waals surface area (Å²) >= 11 is 0. The summed E-state index contributed by atoms with van der Waals surface area (Å²) in [7, 11) is 0. The van der Waals surface area contributed by atoms with E-state index >= 15 is 0 Å². The van der Waals surface area contributed by atoms with E-state index in [0.29, 0.717) is 5.96 Å². The minimum absolute atomic E-state index is 0. The molecule has 0 radical (unpaired) electrons. The molecule has 0 aromatic carbocycles. The minimum Gasteiger partial charge on any atom is -0.370 e. The average Bonchev–Trinajstić information content (AvgIpc) is 2.78. The summed E-state index contributed by atoms with van der Waals surface area (Å²) in [5.74, 6) is 0.555. The molecule has 0 aliphatic heterocycles. The molecule has 5 nitrogen and oxygen atoms in total. The number of aromatic nitrogens is 2. The fraction of sp³-hybridized carbons (Fsp3) is 0.636. The highest BCUT2D eigenvalue weighted by Gasteiger charge is 1.92. The molecule has 0 bridgehead atoms. The van der Waals surface area contributed by atoms with Gasteiger partial charge in [0, 0.05) is 32.0 Å². The standard InChI is InChI=1S/C11H21N5.HI/c1-2-3-5-14-11(12)15-6-4-8-16-9-7-13-10-16;/h7,9-10H,2-6,8H2,1H3,(H3,12,14,15);1H. The zero-order chi connectivity index (χ0) is 11.6. The quantitative estimate of drug-likeness (QED) is 0.339. The van der Waals surface area contributed by atoms with Crippen molar-refractivity contribution in [1.29, 1.82) is 0 Å². The molecule has 1 aromatic heterocycles. The van der Waals surface area contributed by atoms with Crippen molar-refractivity contribution in [2.24, 2.45) is 10.7 Å². The molecule has 0 amide bonds. The van der Waals surface area contributed by atoms with E-state index in [1.165, 1.54) is 6.42 Å². The predicted octanol–water partition coefficient (Wildman–Crippen LogP) is 1.60. The van der Waals surface area contributed by atoms with Crippen LogP contribution in [0.25, 0.3) is 0 Å². The van der Waals surface area contributed by atoms with Gasteiger partial charge < -0.3 is 15.6 Å². The summed E-state index contributed by atoms with van der Waals surface area (Å²) in [6, 6.07) is 0. The lowest BCUT2D eigenvalue weighted by Gasteiger charge is -2.04. The second-order valence-corrected chi connectivity index (χ2v) is 3.70. The Kier molecular flexibility index (Phi) is 9.89. The Labute approximate surface area is 120 Å². The summed E-state index contributed by atoms with van der Waals surface area (Å²) in [6.07, 6.45) is 8.82. The van der Waals surface area contributed by atoms with Crippen molar-refractivity contribution in [3.8, 4) is 0 Å². The largest absolute Gasteiger partial charge is 0.370 e. The van der Waals surface area contributed by atoms with Crippen LogP contribution in [0.2, 0.25) is 0 Å². The van der Waals surface area contributed by atoms with Crippen molar-refractivity contribution in [3.05, 3.63) is 18.7 Å². The van der Waals surface area contributed by atoms with Gasteiger partial charge in [0.15, 0.2) is 5.96 Å². The van der Waals surface area contributed by atoms with Crippen LogP contribution < -0.4 is 11.1 Å². The molecule has 1 aromatic rings. The first-order chi connectivity index (χ1) is 7.83. The molecule has 0 saturated carbocycles. The Morgan fingerprint density at radius 2 is 2.29 bits per heavy atom. The van der Waals surface area contributed by atoms with Gasteiger partial charge in [-0.1, -0.05) is 13.3 Å². The van der Waals surface area contributed by atoms with Crippen molar-refractivity contribution in [3.63, 3.8) is 0 Å². The smallest absolute Gasteiger partial charge is 0.188 e. The van der Waals surface area contributed by atoms with Crippen LogP contribution in [-0.4, -0.2) is 28.6 Å². The third-order valence-corrected chi connectivity index (χ3v) is 2.25. The molecular formula is C11H22IN5. The van der Waals surface area contributed by atoms with Gasteiger partial charge in [-0.2, -0.15) is 0 Å². The summed E-state index contributed by atoms with van der Waals surface area (Å²) in [5, 5.41) is 3.09. The number of hydrogen-bond donors (Lipinski definition) is 2. The van der Waals surface area contributed by atoms with E-state index in [0.717, 1.165) is 32.5 Å². The van der Waals surface area contributed by atoms with Crippen LogP contribution in [0.1, 0.15) is 26.2 Å². The van der Waals surface area contributed by atoms with Gasteiger partial charge in [0.05, 0.1) is 6.33 Å². The second kappa shape index (κ2) is 10.4. The van der Waals surface area contributed by atoms with E-state index < -0.39 is 0 Å². The number of nitrogens with zero attached hydrogens (tertiary/aromatic N) is 3. The number of aliphatic imine (C=N–C) groups is 1. The van der Waals surface area contributed by atoms with Crippen molar-refractivity contribution in [2.45, 2.75) is 32.7 Å². The molecule has 0 atom stereocenters. The van der Waals surface area contributed by atoms with E-state index in [-0.39, 0.29) is 24.0 Å². The fourth-order valence-electron chi connectivity index (χ4n) is 1.32. The van der Waals surface area contributed by atoms with Gasteiger partial charge in [-0.15, -0.1) is 24.0 Å². The topological polar surface area (TPSA) is 68.2 Å². The lowest BCUT2D eigenvalue weighted by Crippen LogP contribution is -2.32. The van der Waals surface area contributed by atoms with E-state index in [4.69, 9.17) is 5.73 Å². The highest BCUT2D eigenvalue weighted by Crippen LogP contribution is 1.90. The lowest BCUT2D eigenvalue weighted by molar-refractivity contribution is 0.648. The molecule has 1 rings (SSSR count). The SMILES string of the molecule is CCCCNC(N)=NCCCn1ccnc1.I. The molecule has 17 heavy (non-hydrogen) atoms. The second-order valence-electron chi connectivity index (χ2n) is 3.70. The van der Waals surface area contributed by atoms with Crippen LogP contribution in [0.4, 0.5) is 0 Å². The molecule has 0 saturated heterocycles. The number of imidazole rings is 1. The van der Waals surface area contributed by atoms with Crippen LogP contribution >= 0.6 is 24.0 Å². The molecule has 6 heteroatoms. The lowest BCUT2D eigenvalue weighted by atomic mass is 10.3. The summed E-state index contributed by atoms with van der Waals surface area (Å²) in [6.45, 7) is 4.75. The first-order valence-electron chi connectivity index (χ1n) is 5.82.